The van der Waals surface area contributed by atoms with E-state index in [1.54, 1.807) is 23.7 Å². The van der Waals surface area contributed by atoms with Gasteiger partial charge in [-0.05, 0) is 39.2 Å². The van der Waals surface area contributed by atoms with Crippen LogP contribution in [0.15, 0.2) is 18.2 Å². The van der Waals surface area contributed by atoms with Crippen LogP contribution in [0.2, 0.25) is 5.02 Å². The van der Waals surface area contributed by atoms with E-state index in [4.69, 9.17) is 27.3 Å². The van der Waals surface area contributed by atoms with Crippen LogP contribution in [0, 0.1) is 11.3 Å². The van der Waals surface area contributed by atoms with E-state index in [0.717, 1.165) is 17.4 Å². The summed E-state index contributed by atoms with van der Waals surface area (Å²) in [6.45, 7) is 3.20. The number of nitriles is 1. The monoisotopic (exact) mass is 321 g/mol. The summed E-state index contributed by atoms with van der Waals surface area (Å²) >= 11 is 6.01. The average molecular weight is 322 g/mol. The van der Waals surface area contributed by atoms with Crippen molar-refractivity contribution in [3.63, 3.8) is 0 Å². The molecule has 6 nitrogen and oxygen atoms in total. The predicted octanol–water partition coefficient (Wildman–Crippen LogP) is 1.87. The van der Waals surface area contributed by atoms with Crippen molar-refractivity contribution in [2.45, 2.75) is 19.0 Å². The van der Waals surface area contributed by atoms with Gasteiger partial charge in [-0.3, -0.25) is 0 Å². The summed E-state index contributed by atoms with van der Waals surface area (Å²) in [5.74, 6) is 0.612. The molecule has 1 atom stereocenters. The Kier molecular flexibility index (Phi) is 4.91. The SMILES string of the molecule is CN(C)CCOc1c2ccc(Cl)cc2nn1CC(C)(N)C#N. The third-order valence-electron chi connectivity index (χ3n) is 3.16. The molecule has 0 spiro atoms. The zero-order chi connectivity index (χ0) is 16.3. The fourth-order valence-electron chi connectivity index (χ4n) is 2.01. The van der Waals surface area contributed by atoms with Crippen molar-refractivity contribution in [2.75, 3.05) is 27.2 Å². The van der Waals surface area contributed by atoms with E-state index >= 15 is 0 Å². The second-order valence-corrected chi connectivity index (χ2v) is 6.24. The van der Waals surface area contributed by atoms with E-state index < -0.39 is 5.54 Å². The van der Waals surface area contributed by atoms with Crippen molar-refractivity contribution < 1.29 is 4.74 Å². The molecule has 22 heavy (non-hydrogen) atoms. The molecule has 0 fully saturated rings. The molecule has 0 saturated carbocycles. The second-order valence-electron chi connectivity index (χ2n) is 5.81. The van der Waals surface area contributed by atoms with Gasteiger partial charge in [0, 0.05) is 11.6 Å². The lowest BCUT2D eigenvalue weighted by atomic mass is 10.1. The lowest BCUT2D eigenvalue weighted by Crippen LogP contribution is -2.39. The minimum atomic E-state index is -1.02. The van der Waals surface area contributed by atoms with E-state index in [1.807, 2.05) is 25.1 Å². The number of nitrogens with zero attached hydrogens (tertiary/aromatic N) is 4. The molecule has 7 heteroatoms. The van der Waals surface area contributed by atoms with Crippen LogP contribution in [0.25, 0.3) is 10.9 Å². The Labute approximate surface area is 135 Å². The molecule has 2 aromatic rings. The van der Waals surface area contributed by atoms with Crippen LogP contribution >= 0.6 is 11.6 Å². The third-order valence-corrected chi connectivity index (χ3v) is 3.40. The van der Waals surface area contributed by atoms with Gasteiger partial charge >= 0.3 is 0 Å². The van der Waals surface area contributed by atoms with Crippen LogP contribution in [0.4, 0.5) is 0 Å². The highest BCUT2D eigenvalue weighted by molar-refractivity contribution is 6.31. The summed E-state index contributed by atoms with van der Waals surface area (Å²) in [7, 11) is 3.95. The summed E-state index contributed by atoms with van der Waals surface area (Å²) in [5, 5.41) is 15.1. The highest BCUT2D eigenvalue weighted by Crippen LogP contribution is 2.28. The van der Waals surface area contributed by atoms with E-state index in [0.29, 0.717) is 17.5 Å². The summed E-state index contributed by atoms with van der Waals surface area (Å²) in [6, 6.07) is 7.50. The van der Waals surface area contributed by atoms with E-state index in [1.165, 1.54) is 0 Å². The van der Waals surface area contributed by atoms with Crippen LogP contribution in [-0.2, 0) is 6.54 Å². The normalized spacial score (nSPS) is 14.0. The molecule has 1 aromatic heterocycles. The number of hydrogen-bond donors (Lipinski definition) is 1. The van der Waals surface area contributed by atoms with Gasteiger partial charge in [0.2, 0.25) is 5.88 Å². The Balaban J connectivity index is 2.37. The number of likely N-dealkylation sites (N-methyl/N-ethyl adjacent to an activating group) is 1. The Hall–Kier alpha value is -1.81. The molecular weight excluding hydrogens is 302 g/mol. The molecular formula is C15H20ClN5O. The number of aromatic nitrogens is 2. The molecule has 2 rings (SSSR count). The van der Waals surface area contributed by atoms with E-state index in [2.05, 4.69) is 11.2 Å². The van der Waals surface area contributed by atoms with Gasteiger partial charge < -0.3 is 15.4 Å². The Morgan fingerprint density at radius 2 is 2.23 bits per heavy atom. The standard InChI is InChI=1S/C15H20ClN5O/c1-15(18,9-17)10-21-14(22-7-6-20(2)3)12-5-4-11(16)8-13(12)19-21/h4-5,8H,6-7,10,18H2,1-3H3. The maximum absolute atomic E-state index is 9.13. The van der Waals surface area contributed by atoms with Crippen LogP contribution < -0.4 is 10.5 Å². The first-order valence-corrected chi connectivity index (χ1v) is 7.34. The number of halogens is 1. The molecule has 0 aliphatic rings. The van der Waals surface area contributed by atoms with Crippen LogP contribution in [0.5, 0.6) is 5.88 Å². The Bertz CT molecular complexity index is 702. The molecule has 2 N–H and O–H groups in total. The molecule has 0 amide bonds. The second kappa shape index (κ2) is 6.53. The zero-order valence-electron chi connectivity index (χ0n) is 13.0. The van der Waals surface area contributed by atoms with Gasteiger partial charge in [-0.15, -0.1) is 0 Å². The number of nitrogens with two attached hydrogens (primary N) is 1. The van der Waals surface area contributed by atoms with Crippen molar-refractivity contribution in [3.8, 4) is 11.9 Å². The number of rotatable bonds is 6. The van der Waals surface area contributed by atoms with E-state index in [9.17, 15) is 0 Å². The number of hydrogen-bond acceptors (Lipinski definition) is 5. The van der Waals surface area contributed by atoms with Gasteiger partial charge in [-0.1, -0.05) is 11.6 Å². The van der Waals surface area contributed by atoms with Crippen molar-refractivity contribution in [1.82, 2.24) is 14.7 Å². The zero-order valence-corrected chi connectivity index (χ0v) is 13.8. The smallest absolute Gasteiger partial charge is 0.220 e. The summed E-state index contributed by atoms with van der Waals surface area (Å²) in [4.78, 5) is 2.03. The lowest BCUT2D eigenvalue weighted by molar-refractivity contribution is 0.239. The maximum Gasteiger partial charge on any atom is 0.220 e. The highest BCUT2D eigenvalue weighted by Gasteiger charge is 2.23. The maximum atomic E-state index is 9.13. The third kappa shape index (κ3) is 3.89. The summed E-state index contributed by atoms with van der Waals surface area (Å²) < 4.78 is 7.52. The van der Waals surface area contributed by atoms with Crippen LogP contribution in [-0.4, -0.2) is 47.5 Å². The minimum Gasteiger partial charge on any atom is -0.476 e. The minimum absolute atomic E-state index is 0.243. The van der Waals surface area contributed by atoms with Crippen molar-refractivity contribution in [1.29, 1.82) is 5.26 Å². The number of benzene rings is 1. The predicted molar refractivity (Wildman–Crippen MR) is 87.0 cm³/mol. The van der Waals surface area contributed by atoms with Crippen LogP contribution in [0.1, 0.15) is 6.92 Å². The molecule has 1 heterocycles. The van der Waals surface area contributed by atoms with Gasteiger partial charge in [0.25, 0.3) is 0 Å². The Morgan fingerprint density at radius 1 is 1.50 bits per heavy atom. The molecule has 1 unspecified atom stereocenters. The first-order chi connectivity index (χ1) is 10.3. The van der Waals surface area contributed by atoms with E-state index in [-0.39, 0.29) is 6.54 Å². The van der Waals surface area contributed by atoms with Gasteiger partial charge in [-0.25, -0.2) is 4.68 Å². The Morgan fingerprint density at radius 3 is 2.86 bits per heavy atom. The molecule has 0 bridgehead atoms. The number of fused-ring (bicyclic) bond motifs is 1. The molecule has 118 valence electrons. The van der Waals surface area contributed by atoms with Crippen LogP contribution in [0.3, 0.4) is 0 Å². The van der Waals surface area contributed by atoms with Crippen molar-refractivity contribution in [3.05, 3.63) is 23.2 Å². The largest absolute Gasteiger partial charge is 0.476 e. The van der Waals surface area contributed by atoms with Gasteiger partial charge in [-0.2, -0.15) is 10.4 Å². The quantitative estimate of drug-likeness (QED) is 0.878. The fraction of sp³-hybridized carbons (Fsp3) is 0.467. The van der Waals surface area contributed by atoms with Gasteiger partial charge in [0.1, 0.15) is 12.1 Å². The topological polar surface area (TPSA) is 80.1 Å². The van der Waals surface area contributed by atoms with Crippen molar-refractivity contribution in [2.24, 2.45) is 5.73 Å². The molecule has 0 aliphatic carbocycles. The molecule has 0 aliphatic heterocycles. The highest BCUT2D eigenvalue weighted by atomic mass is 35.5. The summed E-state index contributed by atoms with van der Waals surface area (Å²) in [6.07, 6.45) is 0. The lowest BCUT2D eigenvalue weighted by Gasteiger charge is -2.18. The van der Waals surface area contributed by atoms with Crippen molar-refractivity contribution >= 4 is 22.5 Å². The van der Waals surface area contributed by atoms with Gasteiger partial charge in [0.15, 0.2) is 0 Å². The first kappa shape index (κ1) is 16.6. The average Bonchev–Trinajstić information content (AvgIpc) is 2.74. The first-order valence-electron chi connectivity index (χ1n) is 6.96. The molecule has 0 radical (unpaired) electrons. The summed E-state index contributed by atoms with van der Waals surface area (Å²) in [5.41, 5.74) is 5.63. The molecule has 1 aromatic carbocycles. The van der Waals surface area contributed by atoms with Gasteiger partial charge in [0.05, 0.1) is 23.5 Å². The number of ether oxygens (including phenoxy) is 1. The molecule has 0 saturated heterocycles. The fourth-order valence-corrected chi connectivity index (χ4v) is 2.18.